The molecular weight excluding hydrogens is 1770 g/mol. The first-order valence-electron chi connectivity index (χ1n) is 48.8. The normalized spacial score (nSPS) is 22.0. The lowest BCUT2D eigenvalue weighted by Crippen LogP contribution is -2.48. The zero-order valence-corrected chi connectivity index (χ0v) is 79.6. The minimum Gasteiger partial charge on any atom is -0.349 e. The van der Waals surface area contributed by atoms with Crippen LogP contribution in [0.3, 0.4) is 0 Å². The molecule has 4 amide bonds. The van der Waals surface area contributed by atoms with Gasteiger partial charge in [-0.3, -0.25) is 47.9 Å². The van der Waals surface area contributed by atoms with E-state index in [1.165, 1.54) is 75.6 Å². The number of carbonyl (C=O) groups is 4. The van der Waals surface area contributed by atoms with E-state index in [1.807, 2.05) is 155 Å². The number of benzene rings is 4. The Morgan fingerprint density at radius 2 is 0.564 bits per heavy atom. The van der Waals surface area contributed by atoms with Crippen LogP contribution in [0, 0.1) is 51.0 Å². The van der Waals surface area contributed by atoms with Crippen molar-refractivity contribution >= 4 is 46.0 Å². The van der Waals surface area contributed by atoms with Crippen molar-refractivity contribution in [2.45, 2.75) is 203 Å². The monoisotopic (exact) mass is 1880 g/mol. The maximum absolute atomic E-state index is 13.9. The van der Waals surface area contributed by atoms with Crippen molar-refractivity contribution < 1.29 is 36.7 Å². The average Bonchev–Trinajstić information content (AvgIpc) is 1.27. The molecule has 8 atom stereocenters. The molecule has 8 fully saturated rings. The van der Waals surface area contributed by atoms with Crippen molar-refractivity contribution in [1.29, 1.82) is 0 Å². The van der Waals surface area contributed by atoms with Crippen LogP contribution in [0.5, 0.6) is 0 Å². The lowest BCUT2D eigenvalue weighted by atomic mass is 9.97. The predicted molar refractivity (Wildman–Crippen MR) is 534 cm³/mol. The first kappa shape index (κ1) is 92.1. The Balaban J connectivity index is 0.000000111. The van der Waals surface area contributed by atoms with Gasteiger partial charge in [0.1, 0.15) is 46.0 Å². The molecule has 28 heteroatoms. The molecule has 4 N–H and O–H groups in total. The molecule has 8 unspecified atom stereocenters. The van der Waals surface area contributed by atoms with Gasteiger partial charge in [0.2, 0.25) is 0 Å². The smallest absolute Gasteiger partial charge is 0.270 e. The number of amides is 4. The number of imidazole rings is 2. The summed E-state index contributed by atoms with van der Waals surface area (Å²) in [5, 5.41) is 21.9. The molecule has 0 spiro atoms. The summed E-state index contributed by atoms with van der Waals surface area (Å²) in [5.74, 6) is -1.29. The van der Waals surface area contributed by atoms with E-state index in [-0.39, 0.29) is 71.1 Å². The van der Waals surface area contributed by atoms with E-state index in [2.05, 4.69) is 109 Å². The van der Waals surface area contributed by atoms with Crippen LogP contribution in [0.2, 0.25) is 0 Å². The van der Waals surface area contributed by atoms with Crippen LogP contribution >= 0.6 is 0 Å². The number of carbonyl (C=O) groups excluding carboxylic acids is 4. The second kappa shape index (κ2) is 38.8. The fourth-order valence-corrected chi connectivity index (χ4v) is 23.1. The number of hydrogen-bond acceptors (Lipinski definition) is 16. The number of nitrogens with zero attached hydrogens (tertiary/aromatic N) is 16. The first-order valence-corrected chi connectivity index (χ1v) is 48.8. The van der Waals surface area contributed by atoms with Crippen LogP contribution in [-0.2, 0) is 0 Å². The van der Waals surface area contributed by atoms with Crippen LogP contribution in [0.4, 0.5) is 17.6 Å². The molecule has 12 aromatic heterocycles. The van der Waals surface area contributed by atoms with E-state index >= 15 is 0 Å². The van der Waals surface area contributed by atoms with Crippen molar-refractivity contribution in [3.05, 3.63) is 312 Å². The van der Waals surface area contributed by atoms with Crippen LogP contribution in [-0.4, -0.2) is 202 Å². The molecule has 24 nitrogen and oxygen atoms in total. The van der Waals surface area contributed by atoms with E-state index in [0.717, 1.165) is 152 Å². The fraction of sp³-hybridized carbons (Fsp3) is 0.321. The van der Waals surface area contributed by atoms with E-state index in [0.29, 0.717) is 104 Å². The highest BCUT2D eigenvalue weighted by Gasteiger charge is 2.44. The van der Waals surface area contributed by atoms with Crippen LogP contribution in [0.1, 0.15) is 167 Å². The Morgan fingerprint density at radius 3 is 0.843 bits per heavy atom. The van der Waals surface area contributed by atoms with E-state index in [9.17, 15) is 36.7 Å². The molecule has 140 heavy (non-hydrogen) atoms. The fourth-order valence-electron chi connectivity index (χ4n) is 23.1. The summed E-state index contributed by atoms with van der Waals surface area (Å²) in [6, 6.07) is 56.6. The minimum atomic E-state index is -0.237. The number of piperidine rings is 4. The Kier molecular flexibility index (Phi) is 25.5. The molecule has 8 bridgehead atoms. The van der Waals surface area contributed by atoms with Crippen molar-refractivity contribution in [2.75, 3.05) is 28.2 Å². The summed E-state index contributed by atoms with van der Waals surface area (Å²) < 4.78 is 62.6. The molecule has 8 aliphatic heterocycles. The van der Waals surface area contributed by atoms with E-state index < -0.39 is 0 Å². The summed E-state index contributed by atoms with van der Waals surface area (Å²) in [4.78, 5) is 90.3. The first-order chi connectivity index (χ1) is 67.9. The third-order valence-corrected chi connectivity index (χ3v) is 30.9. The number of hydrogen-bond donors (Lipinski definition) is 4. The minimum absolute atomic E-state index is 0.0772. The van der Waals surface area contributed by atoms with Gasteiger partial charge < -0.3 is 40.9 Å². The predicted octanol–water partition coefficient (Wildman–Crippen LogP) is 19.5. The van der Waals surface area contributed by atoms with Gasteiger partial charge in [0.15, 0.2) is 0 Å². The summed E-state index contributed by atoms with van der Waals surface area (Å²) in [7, 11) is 8.80. The topological polar surface area (TPSA) is 250 Å². The van der Waals surface area contributed by atoms with Crippen molar-refractivity contribution in [3.8, 4) is 89.5 Å². The summed E-state index contributed by atoms with van der Waals surface area (Å²) in [6.07, 6.45) is 38.8. The molecule has 0 radical (unpaired) electrons. The lowest BCUT2D eigenvalue weighted by Gasteiger charge is -2.36. The standard InChI is InChI=1S/4C28H28FN5O/c2*1-17-12-18(5-9-24(17)29)27-23(4-3-11-30-27)19-6-10-26-31-15-25(34(26)16-19)28(35)32-20-13-21-7-8-22(14-20)33(21)2;2*1-17-12-19(5-8-25(17)29)27-23(4-3-10-30-27)18-9-11-34-26(13-18)24(16-31-34)28(35)32-20-14-21-6-7-22(15-20)33(21)2/h2*3-6,9-12,15-16,20-22H,7-8,13-14H2,1-2H3,(H,32,35);2*3-5,8-13,16,20-22H,6-7,14-15H2,1-2H3,(H,32,35). The Morgan fingerprint density at radius 1 is 0.300 bits per heavy atom. The maximum atomic E-state index is 13.9. The molecule has 24 rings (SSSR count). The van der Waals surface area contributed by atoms with Gasteiger partial charge in [-0.15, -0.1) is 0 Å². The van der Waals surface area contributed by atoms with Gasteiger partial charge in [-0.25, -0.2) is 36.6 Å². The van der Waals surface area contributed by atoms with Crippen molar-refractivity contribution in [1.82, 2.24) is 98.8 Å². The number of rotatable bonds is 16. The lowest BCUT2D eigenvalue weighted by molar-refractivity contribution is 0.0868. The maximum Gasteiger partial charge on any atom is 0.270 e. The van der Waals surface area contributed by atoms with Gasteiger partial charge in [0, 0.05) is 178 Å². The van der Waals surface area contributed by atoms with Crippen molar-refractivity contribution in [2.24, 2.45) is 0 Å². The number of pyridine rings is 8. The number of fused-ring (bicyclic) bond motifs is 12. The SMILES string of the molecule is Cc1cc(-c2ncccc2-c2ccc3ncc(C(=O)NC4CC5CCC(C4)N5C)n3c2)ccc1F.Cc1cc(-c2ncccc2-c2ccc3ncc(C(=O)NC4CC5CCC(C4)N5C)n3c2)ccc1F.Cc1cc(-c2ncccc2-c2ccn3ncc(C(=O)NC4CC5CCC(C4)N5C)c3c2)ccc1F.Cc1cc(-c2ncccc2-c2ccn3ncc(C(=O)NC4CC5CCC(C4)N5C)c3c2)ccc1F. The second-order valence-corrected chi connectivity index (χ2v) is 39.4. The molecule has 0 saturated carbocycles. The third-order valence-electron chi connectivity index (χ3n) is 30.9. The van der Waals surface area contributed by atoms with Gasteiger partial charge >= 0.3 is 0 Å². The largest absolute Gasteiger partial charge is 0.349 e. The molecule has 16 aromatic rings. The zero-order chi connectivity index (χ0) is 96.4. The number of aromatic nitrogens is 12. The van der Waals surface area contributed by atoms with Gasteiger partial charge in [-0.05, 0) is 338 Å². The summed E-state index contributed by atoms with van der Waals surface area (Å²) in [5.41, 5.74) is 21.2. The van der Waals surface area contributed by atoms with E-state index in [4.69, 9.17) is 0 Å². The molecular formula is C112H112F4N20O4. The zero-order valence-electron chi connectivity index (χ0n) is 79.6. The molecule has 712 valence electrons. The molecule has 8 aliphatic rings. The van der Waals surface area contributed by atoms with Gasteiger partial charge in [-0.2, -0.15) is 10.2 Å². The van der Waals surface area contributed by atoms with Crippen LogP contribution in [0.15, 0.2) is 244 Å². The number of aryl methyl sites for hydroxylation is 4. The number of nitrogens with one attached hydrogen (secondary N) is 4. The van der Waals surface area contributed by atoms with Gasteiger partial charge in [0.05, 0.1) is 69.7 Å². The third kappa shape index (κ3) is 18.4. The Labute approximate surface area is 809 Å². The van der Waals surface area contributed by atoms with Crippen LogP contribution in [0.25, 0.3) is 112 Å². The Bertz CT molecular complexity index is 6530. The van der Waals surface area contributed by atoms with Crippen LogP contribution < -0.4 is 21.3 Å². The summed E-state index contributed by atoms with van der Waals surface area (Å²) in [6.45, 7) is 7.00. The molecule has 8 saturated heterocycles. The van der Waals surface area contributed by atoms with E-state index in [1.54, 1.807) is 111 Å². The highest BCUT2D eigenvalue weighted by atomic mass is 19.1. The highest BCUT2D eigenvalue weighted by Crippen LogP contribution is 2.43. The number of halogens is 4. The second-order valence-electron chi connectivity index (χ2n) is 39.4. The average molecular weight is 1880 g/mol. The molecule has 4 aromatic carbocycles. The molecule has 0 aliphatic carbocycles. The highest BCUT2D eigenvalue weighted by molar-refractivity contribution is 6.03. The van der Waals surface area contributed by atoms with Crippen molar-refractivity contribution in [3.63, 3.8) is 0 Å². The summed E-state index contributed by atoms with van der Waals surface area (Å²) >= 11 is 0. The molecule has 20 heterocycles. The Hall–Kier alpha value is -14.3. The quantitative estimate of drug-likeness (QED) is 0.0656. The van der Waals surface area contributed by atoms with Gasteiger partial charge in [-0.1, -0.05) is 24.3 Å². The van der Waals surface area contributed by atoms with Gasteiger partial charge in [0.25, 0.3) is 23.6 Å².